The molecule has 0 spiro atoms. The first-order chi connectivity index (χ1) is 23.4. The van der Waals surface area contributed by atoms with E-state index in [0.717, 1.165) is 42.0 Å². The molecule has 4 rings (SSSR count). The summed E-state index contributed by atoms with van der Waals surface area (Å²) in [5.74, 6) is -1.19. The number of methoxy groups -OCH3 is 1. The summed E-state index contributed by atoms with van der Waals surface area (Å²) in [6.07, 6.45) is -4.11. The van der Waals surface area contributed by atoms with Gasteiger partial charge < -0.3 is 4.74 Å². The Hall–Kier alpha value is -2.74. The first-order valence-corrected chi connectivity index (χ1v) is 19.2. The number of ether oxygens (including phenoxy) is 1. The van der Waals surface area contributed by atoms with Gasteiger partial charge in [-0.1, -0.05) is 49.0 Å². The molecule has 2 aromatic heterocycles. The third-order valence-electron chi connectivity index (χ3n) is 6.88. The van der Waals surface area contributed by atoms with Crippen molar-refractivity contribution in [3.63, 3.8) is 0 Å². The maximum atomic E-state index is 14.3. The zero-order valence-electron chi connectivity index (χ0n) is 27.2. The summed E-state index contributed by atoms with van der Waals surface area (Å²) in [6.45, 7) is 4.62. The molecule has 274 valence electrons. The fourth-order valence-electron chi connectivity index (χ4n) is 4.71. The quantitative estimate of drug-likeness (QED) is 0.121. The first kappa shape index (κ1) is 41.7. The van der Waals surface area contributed by atoms with Crippen LogP contribution in [0.1, 0.15) is 70.8 Å². The van der Waals surface area contributed by atoms with Gasteiger partial charge in [0, 0.05) is 18.0 Å². The summed E-state index contributed by atoms with van der Waals surface area (Å²) in [5.41, 5.74) is -4.54. The van der Waals surface area contributed by atoms with Gasteiger partial charge in [0.1, 0.15) is 17.2 Å². The van der Waals surface area contributed by atoms with Gasteiger partial charge in [-0.25, -0.2) is 27.8 Å². The predicted octanol–water partition coefficient (Wildman–Crippen LogP) is 8.04. The van der Waals surface area contributed by atoms with Crippen molar-refractivity contribution in [1.29, 1.82) is 0 Å². The molecule has 3 aromatic rings. The van der Waals surface area contributed by atoms with Crippen LogP contribution in [0.5, 0.6) is 0 Å². The summed E-state index contributed by atoms with van der Waals surface area (Å²) in [7, 11) is 1.30. The van der Waals surface area contributed by atoms with Gasteiger partial charge in [-0.15, -0.1) is 11.8 Å². The molecule has 0 fully saturated rings. The molecule has 1 aliphatic rings. The SMILES string of the molecule is COC(=O)CSc1cc(N=c2sc(=O)n3n2CCCC3)c(F)cc1Cl.CSC(=O)c1c(C(F)F)nc(C(F)(F)F)c(C(=O)SC)c1CC(C)C. The van der Waals surface area contributed by atoms with E-state index in [1.165, 1.54) is 25.7 Å². The van der Waals surface area contributed by atoms with E-state index >= 15 is 0 Å². The second-order valence-corrected chi connectivity index (χ2v) is 14.7. The molecule has 1 aliphatic heterocycles. The van der Waals surface area contributed by atoms with E-state index in [0.29, 0.717) is 46.3 Å². The number of pyridine rings is 1. The zero-order valence-corrected chi connectivity index (χ0v) is 31.2. The molecule has 0 amide bonds. The molecule has 0 saturated heterocycles. The Morgan fingerprint density at radius 3 is 2.20 bits per heavy atom. The number of hydrogen-bond donors (Lipinski definition) is 0. The van der Waals surface area contributed by atoms with E-state index in [2.05, 4.69) is 14.7 Å². The number of carbonyl (C=O) groups excluding carboxylic acids is 3. The lowest BCUT2D eigenvalue weighted by molar-refractivity contribution is -0.142. The molecular formula is C30H31ClF6N4O5S4. The van der Waals surface area contributed by atoms with Crippen molar-refractivity contribution in [2.45, 2.75) is 63.7 Å². The van der Waals surface area contributed by atoms with Crippen molar-refractivity contribution in [2.75, 3.05) is 25.4 Å². The maximum absolute atomic E-state index is 14.3. The summed E-state index contributed by atoms with van der Waals surface area (Å²) < 4.78 is 89.0. The number of benzene rings is 1. The molecule has 0 bridgehead atoms. The smallest absolute Gasteiger partial charge is 0.434 e. The number of nitrogens with zero attached hydrogens (tertiary/aromatic N) is 4. The second-order valence-electron chi connectivity index (χ2n) is 10.8. The van der Waals surface area contributed by atoms with Gasteiger partial charge in [0.05, 0.1) is 29.0 Å². The van der Waals surface area contributed by atoms with Crippen molar-refractivity contribution in [3.05, 3.63) is 65.5 Å². The maximum Gasteiger partial charge on any atom is 0.434 e. The van der Waals surface area contributed by atoms with Crippen LogP contribution in [0.4, 0.5) is 32.0 Å². The predicted molar refractivity (Wildman–Crippen MR) is 184 cm³/mol. The highest BCUT2D eigenvalue weighted by Gasteiger charge is 2.42. The fourth-order valence-corrected chi connectivity index (χ4v) is 7.56. The minimum Gasteiger partial charge on any atom is -0.468 e. The lowest BCUT2D eigenvalue weighted by Gasteiger charge is -2.21. The second kappa shape index (κ2) is 18.1. The van der Waals surface area contributed by atoms with E-state index in [-0.39, 0.29) is 39.2 Å². The van der Waals surface area contributed by atoms with Crippen molar-refractivity contribution < 1.29 is 45.5 Å². The van der Waals surface area contributed by atoms with Crippen LogP contribution in [0.2, 0.25) is 5.02 Å². The Morgan fingerprint density at radius 1 is 1.06 bits per heavy atom. The number of fused-ring (bicyclic) bond motifs is 1. The van der Waals surface area contributed by atoms with Gasteiger partial charge in [-0.3, -0.25) is 23.9 Å². The Kier molecular flexibility index (Phi) is 15.1. The average Bonchev–Trinajstić information content (AvgIpc) is 3.38. The topological polar surface area (TPSA) is 113 Å². The number of thioether (sulfide) groups is 3. The third-order valence-corrected chi connectivity index (χ3v) is 10.4. The molecular weight excluding hydrogens is 774 g/mol. The number of rotatable bonds is 9. The molecule has 0 aliphatic carbocycles. The van der Waals surface area contributed by atoms with Crippen LogP contribution in [0.3, 0.4) is 0 Å². The Labute approximate surface area is 304 Å². The molecule has 0 atom stereocenters. The van der Waals surface area contributed by atoms with Gasteiger partial charge in [-0.05, 0) is 66.7 Å². The number of esters is 1. The summed E-state index contributed by atoms with van der Waals surface area (Å²) in [5, 5.41) is -1.61. The van der Waals surface area contributed by atoms with Gasteiger partial charge in [0.15, 0.2) is 5.69 Å². The fraction of sp³-hybridized carbons (Fsp3) is 0.467. The van der Waals surface area contributed by atoms with Gasteiger partial charge in [-0.2, -0.15) is 13.2 Å². The molecule has 0 radical (unpaired) electrons. The van der Waals surface area contributed by atoms with Crippen molar-refractivity contribution in [1.82, 2.24) is 14.3 Å². The largest absolute Gasteiger partial charge is 0.468 e. The van der Waals surface area contributed by atoms with E-state index in [9.17, 15) is 45.5 Å². The molecule has 0 N–H and O–H groups in total. The van der Waals surface area contributed by atoms with Crippen LogP contribution in [0.15, 0.2) is 26.8 Å². The minimum atomic E-state index is -5.10. The number of alkyl halides is 5. The molecule has 9 nitrogen and oxygen atoms in total. The van der Waals surface area contributed by atoms with Crippen LogP contribution in [0, 0.1) is 11.7 Å². The summed E-state index contributed by atoms with van der Waals surface area (Å²) >= 11 is 9.26. The highest BCUT2D eigenvalue weighted by molar-refractivity contribution is 8.13. The third kappa shape index (κ3) is 10.2. The number of halogens is 7. The molecule has 0 saturated carbocycles. The molecule has 20 heteroatoms. The first-order valence-electron chi connectivity index (χ1n) is 14.6. The van der Waals surface area contributed by atoms with E-state index < -0.39 is 57.1 Å². The van der Waals surface area contributed by atoms with Crippen molar-refractivity contribution in [2.24, 2.45) is 10.9 Å². The lowest BCUT2D eigenvalue weighted by Crippen LogP contribution is -2.31. The van der Waals surface area contributed by atoms with Crippen LogP contribution >= 0.6 is 58.2 Å². The van der Waals surface area contributed by atoms with E-state index in [4.69, 9.17) is 11.6 Å². The van der Waals surface area contributed by atoms with Gasteiger partial charge in [0.25, 0.3) is 6.43 Å². The Balaban J connectivity index is 0.000000270. The van der Waals surface area contributed by atoms with Crippen LogP contribution in [0.25, 0.3) is 0 Å². The highest BCUT2D eigenvalue weighted by atomic mass is 35.5. The van der Waals surface area contributed by atoms with Crippen molar-refractivity contribution >= 4 is 80.1 Å². The summed E-state index contributed by atoms with van der Waals surface area (Å²) in [6, 6.07) is 2.64. The minimum absolute atomic E-state index is 0.0605. The summed E-state index contributed by atoms with van der Waals surface area (Å²) in [4.78, 5) is 55.8. The van der Waals surface area contributed by atoms with Crippen LogP contribution in [-0.2, 0) is 35.2 Å². The van der Waals surface area contributed by atoms with E-state index in [1.54, 1.807) is 23.2 Å². The Bertz CT molecular complexity index is 1880. The lowest BCUT2D eigenvalue weighted by atomic mass is 9.92. The Morgan fingerprint density at radius 2 is 1.66 bits per heavy atom. The normalized spacial score (nSPS) is 13.3. The van der Waals surface area contributed by atoms with Gasteiger partial charge >= 0.3 is 17.0 Å². The number of aromatic nitrogens is 3. The molecule has 3 heterocycles. The van der Waals surface area contributed by atoms with Crippen LogP contribution < -0.4 is 9.67 Å². The molecule has 1 aromatic carbocycles. The van der Waals surface area contributed by atoms with Crippen molar-refractivity contribution in [3.8, 4) is 0 Å². The highest BCUT2D eigenvalue weighted by Crippen LogP contribution is 2.39. The zero-order chi connectivity index (χ0) is 37.5. The monoisotopic (exact) mass is 804 g/mol. The molecule has 0 unspecified atom stereocenters. The average molecular weight is 805 g/mol. The molecule has 50 heavy (non-hydrogen) atoms. The van der Waals surface area contributed by atoms with E-state index in [1.807, 2.05) is 0 Å². The number of carbonyl (C=O) groups is 3. The standard InChI is InChI=1S/C15H15ClFN3O3S2.C15H16F5NO2S2/c1-23-13(21)8-24-12-7-11(10(17)6-9(12)16)18-14-19-4-2-3-5-20(19)15(22)25-14;1-6(2)5-7-8(13(22)24-3)10(12(16)17)21-11(15(18,19)20)9(7)14(23)25-4/h6-7H,2-5,8H2,1H3;6,12H,5H2,1-4H3. The van der Waals surface area contributed by atoms with Crippen LogP contribution in [-0.4, -0.2) is 55.9 Å². The van der Waals surface area contributed by atoms with Gasteiger partial charge in [0.2, 0.25) is 15.0 Å². The number of hydrogen-bond acceptors (Lipinski definition) is 11.